The second-order valence-corrected chi connectivity index (χ2v) is 22.0. The second-order valence-electron chi connectivity index (χ2n) is 18.7. The molecule has 8 aliphatic carbocycles. The number of hydrogen-bond acceptors (Lipinski definition) is 6. The van der Waals surface area contributed by atoms with Crippen molar-refractivity contribution in [1.29, 1.82) is 0 Å². The Hall–Kier alpha value is -3.79. The molecule has 0 heterocycles. The fraction of sp³-hybridized carbons (Fsp3) is 0.480. The molecule has 8 bridgehead atoms. The van der Waals surface area contributed by atoms with Crippen molar-refractivity contribution >= 4 is 40.1 Å². The van der Waals surface area contributed by atoms with Gasteiger partial charge in [-0.15, -0.1) is 0 Å². The summed E-state index contributed by atoms with van der Waals surface area (Å²) in [6.45, 7) is 4.25. The zero-order valence-corrected chi connectivity index (χ0v) is 35.5. The maximum atomic E-state index is 12.9. The third kappa shape index (κ3) is 7.53. The van der Waals surface area contributed by atoms with Gasteiger partial charge in [-0.05, 0) is 125 Å². The van der Waals surface area contributed by atoms with Gasteiger partial charge in [0.25, 0.3) is 0 Å². The van der Waals surface area contributed by atoms with E-state index in [9.17, 15) is 9.59 Å². The molecule has 0 radical (unpaired) electrons. The van der Waals surface area contributed by atoms with Crippen molar-refractivity contribution in [1.82, 2.24) is 0 Å². The predicted octanol–water partition coefficient (Wildman–Crippen LogP) is 8.95. The Morgan fingerprint density at radius 3 is 1.04 bits per heavy atom. The van der Waals surface area contributed by atoms with E-state index in [2.05, 4.69) is 86.6 Å². The molecule has 8 fully saturated rings. The first-order chi connectivity index (χ1) is 27.6. The van der Waals surface area contributed by atoms with Crippen LogP contribution in [0.1, 0.15) is 78.1 Å². The summed E-state index contributed by atoms with van der Waals surface area (Å²) in [5.41, 5.74) is 3.89. The van der Waals surface area contributed by atoms with Crippen LogP contribution in [0.2, 0.25) is 0 Å². The average Bonchev–Trinajstić information content (AvgIpc) is 3.21. The summed E-state index contributed by atoms with van der Waals surface area (Å²) < 4.78 is 26.9. The molecule has 296 valence electrons. The Morgan fingerprint density at radius 2 is 0.737 bits per heavy atom. The van der Waals surface area contributed by atoms with E-state index < -0.39 is 20.9 Å². The molecule has 4 aromatic carbocycles. The van der Waals surface area contributed by atoms with Crippen LogP contribution in [0.15, 0.2) is 97.1 Å². The van der Waals surface area contributed by atoms with Gasteiger partial charge in [0.05, 0.1) is 0 Å². The minimum Gasteiger partial charge on any atom is -0.0475 e. The standard InChI is InChI=1S/C50H54O6Te/c1-49(39-21-31-19-32(23-39)24-40(49)22-31)55-47(51)29-53-43-11-3-35(4-12-43)37-7-15-45(16-8-37)57-46-17-9-38(10-18-46)36-5-13-44(14-6-36)54-30-48(52)56-50(2)41-25-33-20-34(27-41)28-42(50)26-33/h3-18,31-34,39-42H,19-30H2,1-2H3. The van der Waals surface area contributed by atoms with Crippen molar-refractivity contribution in [3.05, 3.63) is 97.1 Å². The maximum Gasteiger partial charge on any atom is -0.000697 e. The predicted molar refractivity (Wildman–Crippen MR) is 223 cm³/mol. The molecular formula is C50H54O6Te. The first-order valence-electron chi connectivity index (χ1n) is 21.4. The molecule has 0 aromatic heterocycles. The van der Waals surface area contributed by atoms with Gasteiger partial charge < -0.3 is 0 Å². The molecule has 57 heavy (non-hydrogen) atoms. The largest absolute Gasteiger partial charge is 0.0475 e. The Kier molecular flexibility index (Phi) is 9.93. The molecule has 0 N–H and O–H groups in total. The zero-order chi connectivity index (χ0) is 38.7. The average molecular weight is 879 g/mol. The van der Waals surface area contributed by atoms with E-state index in [1.54, 1.807) is 0 Å². The minimum atomic E-state index is -0.541. The van der Waals surface area contributed by atoms with E-state index in [1.807, 2.05) is 24.3 Å². The SMILES string of the molecule is CC1(OC(=O)COc2ccc(-c3ccc([Te]c4ccc(-c5ccc(OCC(=O)OC6(C)C7CC8CC(C7)CC6C8)cc5)cc4)cc3)cc2)C2CC3CC(C2)CC1C3. The fourth-order valence-corrected chi connectivity index (χ4v) is 14.8. The van der Waals surface area contributed by atoms with Gasteiger partial charge in [-0.2, -0.15) is 0 Å². The molecule has 6 nitrogen and oxygen atoms in total. The van der Waals surface area contributed by atoms with Crippen molar-refractivity contribution in [2.24, 2.45) is 47.3 Å². The number of ether oxygens (including phenoxy) is 4. The van der Waals surface area contributed by atoms with Crippen molar-refractivity contribution in [2.75, 3.05) is 13.2 Å². The van der Waals surface area contributed by atoms with E-state index in [1.165, 1.54) is 71.4 Å². The third-order valence-electron chi connectivity index (χ3n) is 15.2. The smallest absolute Gasteiger partial charge is 0.000697 e. The van der Waals surface area contributed by atoms with Gasteiger partial charge in [0.15, 0.2) is 0 Å². The monoisotopic (exact) mass is 880 g/mol. The summed E-state index contributed by atoms with van der Waals surface area (Å²) in [5.74, 6) is 6.26. The Labute approximate surface area is 347 Å². The summed E-state index contributed by atoms with van der Waals surface area (Å²) in [6, 6.07) is 33.7. The summed E-state index contributed by atoms with van der Waals surface area (Å²) in [5, 5.41) is 0. The quantitative estimate of drug-likeness (QED) is 0.105. The molecule has 0 spiro atoms. The number of carbonyl (C=O) groups is 2. The Bertz CT molecular complexity index is 1880. The summed E-state index contributed by atoms with van der Waals surface area (Å²) >= 11 is -0.541. The van der Waals surface area contributed by atoms with Crippen molar-refractivity contribution < 1.29 is 28.5 Å². The van der Waals surface area contributed by atoms with Crippen LogP contribution < -0.4 is 16.7 Å². The van der Waals surface area contributed by atoms with E-state index in [0.29, 0.717) is 35.2 Å². The van der Waals surface area contributed by atoms with E-state index in [4.69, 9.17) is 18.9 Å². The minimum absolute atomic E-state index is 0.0531. The van der Waals surface area contributed by atoms with Gasteiger partial charge in [0.2, 0.25) is 0 Å². The maximum absolute atomic E-state index is 12.9. The first-order valence-corrected chi connectivity index (χ1v) is 23.8. The molecule has 12 rings (SSSR count). The number of rotatable bonds is 12. The molecule has 0 unspecified atom stereocenters. The van der Waals surface area contributed by atoms with Crippen molar-refractivity contribution in [2.45, 2.75) is 89.3 Å². The van der Waals surface area contributed by atoms with Crippen LogP contribution in [0.4, 0.5) is 0 Å². The van der Waals surface area contributed by atoms with Crippen LogP contribution in [0.3, 0.4) is 0 Å². The fourth-order valence-electron chi connectivity index (χ4n) is 12.5. The molecule has 0 atom stereocenters. The molecule has 0 aliphatic heterocycles. The van der Waals surface area contributed by atoms with Crippen molar-refractivity contribution in [3.63, 3.8) is 0 Å². The van der Waals surface area contributed by atoms with Crippen LogP contribution in [0.25, 0.3) is 22.3 Å². The molecule has 8 saturated carbocycles. The van der Waals surface area contributed by atoms with Gasteiger partial charge in [-0.3, -0.25) is 0 Å². The van der Waals surface area contributed by atoms with Crippen LogP contribution in [0, 0.1) is 47.3 Å². The molecule has 0 saturated heterocycles. The van der Waals surface area contributed by atoms with Gasteiger partial charge in [0, 0.05) is 0 Å². The number of carbonyl (C=O) groups excluding carboxylic acids is 2. The van der Waals surface area contributed by atoms with Gasteiger partial charge in [-0.1, -0.05) is 0 Å². The molecule has 4 aromatic rings. The molecule has 8 aliphatic rings. The Morgan fingerprint density at radius 1 is 0.456 bits per heavy atom. The number of esters is 2. The normalized spacial score (nSPS) is 32.9. The zero-order valence-electron chi connectivity index (χ0n) is 33.2. The van der Waals surface area contributed by atoms with Gasteiger partial charge in [-0.25, -0.2) is 0 Å². The summed E-state index contributed by atoms with van der Waals surface area (Å²) in [6.07, 6.45) is 12.5. The molecule has 0 amide bonds. The summed E-state index contributed by atoms with van der Waals surface area (Å²) in [7, 11) is 0. The van der Waals surface area contributed by atoms with E-state index in [-0.39, 0.29) is 36.4 Å². The third-order valence-corrected chi connectivity index (χ3v) is 18.1. The van der Waals surface area contributed by atoms with E-state index in [0.717, 1.165) is 45.9 Å². The molecule has 7 heteroatoms. The number of hydrogen-bond donors (Lipinski definition) is 0. The number of benzene rings is 4. The second kappa shape index (κ2) is 15.1. The molecular weight excluding hydrogens is 824 g/mol. The van der Waals surface area contributed by atoms with Crippen LogP contribution in [-0.4, -0.2) is 57.3 Å². The van der Waals surface area contributed by atoms with E-state index >= 15 is 0 Å². The Balaban J connectivity index is 0.679. The van der Waals surface area contributed by atoms with Crippen LogP contribution in [0.5, 0.6) is 11.5 Å². The van der Waals surface area contributed by atoms with Crippen LogP contribution >= 0.6 is 0 Å². The first kappa shape index (κ1) is 37.5. The van der Waals surface area contributed by atoms with Gasteiger partial charge in [0.1, 0.15) is 11.2 Å². The van der Waals surface area contributed by atoms with Crippen LogP contribution in [-0.2, 0) is 19.1 Å². The summed E-state index contributed by atoms with van der Waals surface area (Å²) in [4.78, 5) is 25.8. The topological polar surface area (TPSA) is 71.1 Å². The van der Waals surface area contributed by atoms with Crippen molar-refractivity contribution in [3.8, 4) is 33.8 Å². The van der Waals surface area contributed by atoms with Gasteiger partial charge >= 0.3 is 213 Å².